The first-order chi connectivity index (χ1) is 11.3. The number of nitrogens with one attached hydrogen (secondary N) is 1. The summed E-state index contributed by atoms with van der Waals surface area (Å²) in [6.45, 7) is 3.92. The van der Waals surface area contributed by atoms with E-state index in [9.17, 15) is 18.0 Å². The van der Waals surface area contributed by atoms with E-state index >= 15 is 0 Å². The number of hydrogen-bond acceptors (Lipinski definition) is 2. The summed E-state index contributed by atoms with van der Waals surface area (Å²) in [7, 11) is 1.72. The van der Waals surface area contributed by atoms with Gasteiger partial charge in [0.05, 0.1) is 6.42 Å². The van der Waals surface area contributed by atoms with Gasteiger partial charge in [-0.05, 0) is 56.6 Å². The quantitative estimate of drug-likeness (QED) is 0.854. The lowest BCUT2D eigenvalue weighted by Crippen LogP contribution is -2.34. The fourth-order valence-electron chi connectivity index (χ4n) is 2.80. The van der Waals surface area contributed by atoms with Crippen molar-refractivity contribution in [1.82, 2.24) is 9.80 Å². The molecular formula is C17H24F3N3O. The lowest BCUT2D eigenvalue weighted by atomic mass is 10.1. The van der Waals surface area contributed by atoms with Crippen LogP contribution in [0.5, 0.6) is 0 Å². The smallest absolute Gasteiger partial charge is 0.328 e. The van der Waals surface area contributed by atoms with Gasteiger partial charge in [0.15, 0.2) is 0 Å². The monoisotopic (exact) mass is 343 g/mol. The molecular weight excluding hydrogens is 319 g/mol. The third kappa shape index (κ3) is 6.39. The Morgan fingerprint density at radius 1 is 1.21 bits per heavy atom. The molecule has 2 rings (SSSR count). The van der Waals surface area contributed by atoms with Crippen molar-refractivity contribution in [1.29, 1.82) is 0 Å². The Hall–Kier alpha value is -1.76. The van der Waals surface area contributed by atoms with E-state index in [1.54, 1.807) is 11.9 Å². The van der Waals surface area contributed by atoms with E-state index < -0.39 is 12.6 Å². The molecule has 7 heteroatoms. The van der Waals surface area contributed by atoms with Gasteiger partial charge in [-0.3, -0.25) is 0 Å². The van der Waals surface area contributed by atoms with Crippen LogP contribution in [0.1, 0.15) is 24.8 Å². The Balaban J connectivity index is 1.74. The van der Waals surface area contributed by atoms with E-state index in [1.807, 2.05) is 0 Å². The largest absolute Gasteiger partial charge is 0.393 e. The van der Waals surface area contributed by atoms with Crippen LogP contribution in [0.25, 0.3) is 0 Å². The van der Waals surface area contributed by atoms with Crippen LogP contribution in [0, 0.1) is 0 Å². The first-order valence-electron chi connectivity index (χ1n) is 8.24. The molecule has 1 aromatic rings. The number of carbonyl (C=O) groups excluding carboxylic acids is 1. The number of likely N-dealkylation sites (tertiary alicyclic amines) is 1. The van der Waals surface area contributed by atoms with Crippen LogP contribution in [0.15, 0.2) is 24.3 Å². The molecule has 0 saturated carbocycles. The molecule has 0 aromatic heterocycles. The summed E-state index contributed by atoms with van der Waals surface area (Å²) in [5.41, 5.74) is 0.678. The number of amides is 2. The first kappa shape index (κ1) is 18.6. The molecule has 4 nitrogen and oxygen atoms in total. The molecule has 24 heavy (non-hydrogen) atoms. The molecule has 0 aliphatic carbocycles. The molecule has 1 aliphatic heterocycles. The maximum Gasteiger partial charge on any atom is 0.393 e. The molecule has 0 atom stereocenters. The summed E-state index contributed by atoms with van der Waals surface area (Å²) in [4.78, 5) is 16.1. The van der Waals surface area contributed by atoms with Crippen LogP contribution in [0.4, 0.5) is 23.7 Å². The van der Waals surface area contributed by atoms with Gasteiger partial charge in [0, 0.05) is 19.3 Å². The van der Waals surface area contributed by atoms with Gasteiger partial charge in [-0.2, -0.15) is 13.2 Å². The Kier molecular flexibility index (Phi) is 6.48. The molecule has 1 aliphatic rings. The molecule has 1 saturated heterocycles. The minimum absolute atomic E-state index is 0.180. The average Bonchev–Trinajstić information content (AvgIpc) is 3.01. The highest BCUT2D eigenvalue weighted by Crippen LogP contribution is 2.22. The second-order valence-electron chi connectivity index (χ2n) is 6.24. The minimum atomic E-state index is -4.22. The summed E-state index contributed by atoms with van der Waals surface area (Å²) >= 11 is 0. The van der Waals surface area contributed by atoms with Gasteiger partial charge in [0.25, 0.3) is 0 Å². The standard InChI is InChI=1S/C17H24F3N3O/c1-22(9-4-12-23-10-2-3-11-23)16(24)21-15-7-5-14(6-8-15)13-17(18,19)20/h5-8H,2-4,9-13H2,1H3,(H,21,24). The molecule has 0 spiro atoms. The summed E-state index contributed by atoms with van der Waals surface area (Å²) in [6.07, 6.45) is -1.77. The summed E-state index contributed by atoms with van der Waals surface area (Å²) < 4.78 is 36.9. The maximum absolute atomic E-state index is 12.3. The molecule has 1 heterocycles. The number of hydrogen-bond donors (Lipinski definition) is 1. The van der Waals surface area contributed by atoms with Crippen LogP contribution >= 0.6 is 0 Å². The summed E-state index contributed by atoms with van der Waals surface area (Å²) in [5.74, 6) is 0. The third-order valence-electron chi connectivity index (χ3n) is 4.12. The van der Waals surface area contributed by atoms with Crippen molar-refractivity contribution in [3.63, 3.8) is 0 Å². The lowest BCUT2D eigenvalue weighted by molar-refractivity contribution is -0.127. The van der Waals surface area contributed by atoms with E-state index in [0.29, 0.717) is 12.2 Å². The Labute approximate surface area is 140 Å². The van der Waals surface area contributed by atoms with Gasteiger partial charge in [-0.1, -0.05) is 12.1 Å². The van der Waals surface area contributed by atoms with Gasteiger partial charge in [-0.15, -0.1) is 0 Å². The van der Waals surface area contributed by atoms with Crippen molar-refractivity contribution < 1.29 is 18.0 Å². The Bertz CT molecular complexity index is 525. The number of anilines is 1. The second kappa shape index (κ2) is 8.37. The van der Waals surface area contributed by atoms with Crippen molar-refractivity contribution in [2.24, 2.45) is 0 Å². The fraction of sp³-hybridized carbons (Fsp3) is 0.588. The second-order valence-corrected chi connectivity index (χ2v) is 6.24. The molecule has 0 radical (unpaired) electrons. The molecule has 134 valence electrons. The molecule has 2 amide bonds. The highest BCUT2D eigenvalue weighted by Gasteiger charge is 2.27. The number of urea groups is 1. The van der Waals surface area contributed by atoms with E-state index in [2.05, 4.69) is 10.2 Å². The van der Waals surface area contributed by atoms with Gasteiger partial charge in [0.1, 0.15) is 0 Å². The predicted molar refractivity (Wildman–Crippen MR) is 88.1 cm³/mol. The molecule has 1 aromatic carbocycles. The Morgan fingerprint density at radius 3 is 2.42 bits per heavy atom. The number of rotatable bonds is 6. The van der Waals surface area contributed by atoms with Crippen molar-refractivity contribution in [2.75, 3.05) is 38.5 Å². The predicted octanol–water partition coefficient (Wildman–Crippen LogP) is 3.74. The fourth-order valence-corrected chi connectivity index (χ4v) is 2.80. The normalized spacial score (nSPS) is 15.5. The number of halogens is 3. The van der Waals surface area contributed by atoms with Crippen LogP contribution in [-0.4, -0.2) is 55.2 Å². The van der Waals surface area contributed by atoms with Crippen LogP contribution < -0.4 is 5.32 Å². The van der Waals surface area contributed by atoms with E-state index in [4.69, 9.17) is 0 Å². The number of carbonyl (C=O) groups is 1. The number of nitrogens with zero attached hydrogens (tertiary/aromatic N) is 2. The summed E-state index contributed by atoms with van der Waals surface area (Å²) in [5, 5.41) is 2.70. The van der Waals surface area contributed by atoms with Crippen molar-refractivity contribution in [3.05, 3.63) is 29.8 Å². The zero-order valence-corrected chi connectivity index (χ0v) is 13.9. The highest BCUT2D eigenvalue weighted by molar-refractivity contribution is 5.89. The van der Waals surface area contributed by atoms with E-state index in [-0.39, 0.29) is 11.6 Å². The maximum atomic E-state index is 12.3. The van der Waals surface area contributed by atoms with E-state index in [0.717, 1.165) is 26.1 Å². The van der Waals surface area contributed by atoms with Gasteiger partial charge in [0.2, 0.25) is 0 Å². The zero-order chi connectivity index (χ0) is 17.6. The van der Waals surface area contributed by atoms with Gasteiger partial charge < -0.3 is 15.1 Å². The van der Waals surface area contributed by atoms with E-state index in [1.165, 1.54) is 37.1 Å². The highest BCUT2D eigenvalue weighted by atomic mass is 19.4. The topological polar surface area (TPSA) is 35.6 Å². The van der Waals surface area contributed by atoms with Crippen molar-refractivity contribution in [2.45, 2.75) is 31.9 Å². The van der Waals surface area contributed by atoms with Gasteiger partial charge in [-0.25, -0.2) is 4.79 Å². The van der Waals surface area contributed by atoms with Gasteiger partial charge >= 0.3 is 12.2 Å². The number of alkyl halides is 3. The summed E-state index contributed by atoms with van der Waals surface area (Å²) in [6, 6.07) is 5.51. The van der Waals surface area contributed by atoms with Crippen LogP contribution in [-0.2, 0) is 6.42 Å². The average molecular weight is 343 g/mol. The minimum Gasteiger partial charge on any atom is -0.328 e. The molecule has 0 unspecified atom stereocenters. The molecule has 0 bridgehead atoms. The van der Waals surface area contributed by atoms with Crippen molar-refractivity contribution in [3.8, 4) is 0 Å². The zero-order valence-electron chi connectivity index (χ0n) is 13.9. The molecule has 1 N–H and O–H groups in total. The molecule has 1 fully saturated rings. The Morgan fingerprint density at radius 2 is 1.83 bits per heavy atom. The number of benzene rings is 1. The lowest BCUT2D eigenvalue weighted by Gasteiger charge is -2.20. The SMILES string of the molecule is CN(CCCN1CCCC1)C(=O)Nc1ccc(CC(F)(F)F)cc1. The van der Waals surface area contributed by atoms with Crippen LogP contribution in [0.2, 0.25) is 0 Å². The van der Waals surface area contributed by atoms with Crippen molar-refractivity contribution >= 4 is 11.7 Å². The van der Waals surface area contributed by atoms with Crippen LogP contribution in [0.3, 0.4) is 0 Å². The third-order valence-corrected chi connectivity index (χ3v) is 4.12. The first-order valence-corrected chi connectivity index (χ1v) is 8.24.